The van der Waals surface area contributed by atoms with Crippen LogP contribution in [0, 0.1) is 41.1 Å². The second-order valence-corrected chi connectivity index (χ2v) is 7.57. The summed E-state index contributed by atoms with van der Waals surface area (Å²) in [4.78, 5) is 34.7. The molecule has 0 aliphatic carbocycles. The number of carbonyl (C=O) groups excluding carboxylic acids is 2. The van der Waals surface area contributed by atoms with Crippen molar-refractivity contribution in [3.8, 4) is 17.5 Å². The number of hydrogen-bond acceptors (Lipinski definition) is 7. The minimum Gasteiger partial charge on any atom is -0.497 e. The molecule has 3 rings (SSSR count). The van der Waals surface area contributed by atoms with Crippen molar-refractivity contribution in [1.82, 2.24) is 4.57 Å². The van der Waals surface area contributed by atoms with Crippen LogP contribution in [0.5, 0.6) is 5.75 Å². The monoisotopic (exact) mass is 492 g/mol. The van der Waals surface area contributed by atoms with E-state index in [1.54, 1.807) is 19.2 Å². The smallest absolute Gasteiger partial charge is 0.349 e. The number of nitrogens with one attached hydrogen (secondary N) is 1. The van der Waals surface area contributed by atoms with Gasteiger partial charge in [0, 0.05) is 17.1 Å². The Morgan fingerprint density at radius 2 is 1.89 bits per heavy atom. The van der Waals surface area contributed by atoms with E-state index in [4.69, 9.17) is 9.47 Å². The predicted octanol–water partition coefficient (Wildman–Crippen LogP) is 4.24. The molecule has 10 nitrogen and oxygen atoms in total. The molecular weight excluding hydrogens is 471 g/mol. The molecule has 11 heteroatoms. The summed E-state index contributed by atoms with van der Waals surface area (Å²) in [7, 11) is 1.57. The van der Waals surface area contributed by atoms with E-state index in [1.165, 1.54) is 6.08 Å². The fourth-order valence-electron chi connectivity index (χ4n) is 3.51. The topological polar surface area (TPSA) is 136 Å². The Morgan fingerprint density at radius 1 is 1.19 bits per heavy atom. The SMILES string of the molecule is COc1ccc(-n2c(C)cc(/C=C(\C#N)C(=O)OCC(=O)Nc3ccc(F)cc3[N+](=O)[O-])c2C)cc1. The van der Waals surface area contributed by atoms with Crippen LogP contribution in [-0.2, 0) is 14.3 Å². The van der Waals surface area contributed by atoms with Crippen molar-refractivity contribution in [1.29, 1.82) is 5.26 Å². The summed E-state index contributed by atoms with van der Waals surface area (Å²) in [6.45, 7) is 2.89. The standard InChI is InChI=1S/C25H21FN4O6/c1-15-10-17(16(2)29(15)20-5-7-21(35-3)8-6-20)11-18(13-27)25(32)36-14-24(31)28-22-9-4-19(26)12-23(22)30(33)34/h4-12H,14H2,1-3H3,(H,28,31)/b18-11+. The average Bonchev–Trinajstić information content (AvgIpc) is 3.14. The van der Waals surface area contributed by atoms with E-state index in [-0.39, 0.29) is 11.3 Å². The summed E-state index contributed by atoms with van der Waals surface area (Å²) >= 11 is 0. The molecule has 0 aliphatic rings. The lowest BCUT2D eigenvalue weighted by Crippen LogP contribution is -2.22. The van der Waals surface area contributed by atoms with Crippen LogP contribution in [0.15, 0.2) is 54.1 Å². The van der Waals surface area contributed by atoms with Gasteiger partial charge in [0.25, 0.3) is 11.6 Å². The third-order valence-corrected chi connectivity index (χ3v) is 5.21. The summed E-state index contributed by atoms with van der Waals surface area (Å²) in [5.41, 5.74) is 1.82. The lowest BCUT2D eigenvalue weighted by atomic mass is 10.1. The number of nitrogens with zero attached hydrogens (tertiary/aromatic N) is 3. The number of methoxy groups -OCH3 is 1. The van der Waals surface area contributed by atoms with E-state index in [0.717, 1.165) is 29.2 Å². The van der Waals surface area contributed by atoms with Crippen LogP contribution in [0.3, 0.4) is 0 Å². The Hall–Kier alpha value is -4.98. The molecule has 1 N–H and O–H groups in total. The zero-order valence-corrected chi connectivity index (χ0v) is 19.6. The molecule has 2 aromatic carbocycles. The minimum absolute atomic E-state index is 0.260. The molecule has 1 amide bonds. The van der Waals surface area contributed by atoms with Crippen molar-refractivity contribution in [3.05, 3.63) is 87.0 Å². The molecule has 1 heterocycles. The van der Waals surface area contributed by atoms with Crippen molar-refractivity contribution < 1.29 is 28.4 Å². The zero-order valence-electron chi connectivity index (χ0n) is 19.6. The molecule has 1 aromatic heterocycles. The summed E-state index contributed by atoms with van der Waals surface area (Å²) in [5, 5.41) is 22.7. The molecule has 0 saturated carbocycles. The Kier molecular flexibility index (Phi) is 7.81. The van der Waals surface area contributed by atoms with Crippen LogP contribution in [0.4, 0.5) is 15.8 Å². The van der Waals surface area contributed by atoms with Crippen LogP contribution < -0.4 is 10.1 Å². The first-order valence-electron chi connectivity index (χ1n) is 10.5. The van der Waals surface area contributed by atoms with Gasteiger partial charge >= 0.3 is 5.97 Å². The number of aromatic nitrogens is 1. The molecule has 0 spiro atoms. The zero-order chi connectivity index (χ0) is 26.4. The number of benzene rings is 2. The first kappa shape index (κ1) is 25.6. The number of anilines is 1. The fourth-order valence-corrected chi connectivity index (χ4v) is 3.51. The molecule has 0 saturated heterocycles. The quantitative estimate of drug-likeness (QED) is 0.163. The van der Waals surface area contributed by atoms with Crippen molar-refractivity contribution in [2.24, 2.45) is 0 Å². The highest BCUT2D eigenvalue weighted by molar-refractivity contribution is 6.00. The molecule has 0 unspecified atom stereocenters. The van der Waals surface area contributed by atoms with Crippen molar-refractivity contribution in [2.75, 3.05) is 19.0 Å². The van der Waals surface area contributed by atoms with Gasteiger partial charge in [0.1, 0.15) is 28.9 Å². The van der Waals surface area contributed by atoms with Gasteiger partial charge in [-0.25, -0.2) is 9.18 Å². The number of nitro benzene ring substituents is 1. The van der Waals surface area contributed by atoms with Gasteiger partial charge in [0.15, 0.2) is 6.61 Å². The van der Waals surface area contributed by atoms with Crippen LogP contribution in [0.1, 0.15) is 17.0 Å². The number of hydrogen-bond donors (Lipinski definition) is 1. The van der Waals surface area contributed by atoms with Gasteiger partial charge in [-0.2, -0.15) is 5.26 Å². The van der Waals surface area contributed by atoms with Gasteiger partial charge in [0.05, 0.1) is 18.1 Å². The number of nitriles is 1. The highest BCUT2D eigenvalue weighted by atomic mass is 19.1. The second-order valence-electron chi connectivity index (χ2n) is 7.57. The number of nitro groups is 1. The normalized spacial score (nSPS) is 10.9. The molecule has 0 bridgehead atoms. The Labute approximate surface area is 205 Å². The van der Waals surface area contributed by atoms with Crippen molar-refractivity contribution >= 4 is 29.3 Å². The Balaban J connectivity index is 1.73. The third kappa shape index (κ3) is 5.74. The van der Waals surface area contributed by atoms with Crippen molar-refractivity contribution in [3.63, 3.8) is 0 Å². The fraction of sp³-hybridized carbons (Fsp3) is 0.160. The molecule has 0 aliphatic heterocycles. The molecule has 0 atom stereocenters. The van der Waals surface area contributed by atoms with E-state index >= 15 is 0 Å². The molecule has 0 fully saturated rings. The van der Waals surface area contributed by atoms with Gasteiger partial charge < -0.3 is 19.4 Å². The first-order valence-corrected chi connectivity index (χ1v) is 10.5. The average molecular weight is 492 g/mol. The lowest BCUT2D eigenvalue weighted by Gasteiger charge is -2.10. The number of ether oxygens (including phenoxy) is 2. The number of rotatable bonds is 8. The minimum atomic E-state index is -1.05. The maximum atomic E-state index is 13.3. The van der Waals surface area contributed by atoms with Crippen LogP contribution >= 0.6 is 0 Å². The van der Waals surface area contributed by atoms with E-state index in [1.807, 2.05) is 42.7 Å². The Morgan fingerprint density at radius 3 is 2.50 bits per heavy atom. The molecule has 36 heavy (non-hydrogen) atoms. The van der Waals surface area contributed by atoms with E-state index in [2.05, 4.69) is 5.32 Å². The van der Waals surface area contributed by atoms with Crippen LogP contribution in [0.2, 0.25) is 0 Å². The van der Waals surface area contributed by atoms with Gasteiger partial charge in [-0.05, 0) is 68.0 Å². The summed E-state index contributed by atoms with van der Waals surface area (Å²) in [6.07, 6.45) is 1.35. The number of halogens is 1. The van der Waals surface area contributed by atoms with Gasteiger partial charge in [-0.3, -0.25) is 14.9 Å². The summed E-state index contributed by atoms with van der Waals surface area (Å²) in [6, 6.07) is 13.5. The summed E-state index contributed by atoms with van der Waals surface area (Å²) < 4.78 is 25.3. The summed E-state index contributed by atoms with van der Waals surface area (Å²) in [5.74, 6) is -2.08. The first-order chi connectivity index (χ1) is 17.1. The van der Waals surface area contributed by atoms with Crippen molar-refractivity contribution in [2.45, 2.75) is 13.8 Å². The maximum absolute atomic E-state index is 13.3. The Bertz CT molecular complexity index is 1400. The maximum Gasteiger partial charge on any atom is 0.349 e. The number of amides is 1. The lowest BCUT2D eigenvalue weighted by molar-refractivity contribution is -0.384. The number of aryl methyl sites for hydroxylation is 1. The van der Waals surface area contributed by atoms with Gasteiger partial charge in [-0.15, -0.1) is 0 Å². The van der Waals surface area contributed by atoms with Crippen LogP contribution in [0.25, 0.3) is 11.8 Å². The molecular formula is C25H21FN4O6. The predicted molar refractivity (Wildman–Crippen MR) is 128 cm³/mol. The molecule has 3 aromatic rings. The largest absolute Gasteiger partial charge is 0.497 e. The van der Waals surface area contributed by atoms with E-state index in [0.29, 0.717) is 17.4 Å². The second kappa shape index (κ2) is 11.0. The molecule has 184 valence electrons. The highest BCUT2D eigenvalue weighted by Gasteiger charge is 2.19. The van der Waals surface area contributed by atoms with Gasteiger partial charge in [0.2, 0.25) is 0 Å². The van der Waals surface area contributed by atoms with E-state index < -0.39 is 34.9 Å². The number of esters is 1. The van der Waals surface area contributed by atoms with Gasteiger partial charge in [-0.1, -0.05) is 0 Å². The van der Waals surface area contributed by atoms with E-state index in [9.17, 15) is 29.4 Å². The molecule has 0 radical (unpaired) electrons. The van der Waals surface area contributed by atoms with Crippen LogP contribution in [-0.4, -0.2) is 35.1 Å². The highest BCUT2D eigenvalue weighted by Crippen LogP contribution is 2.26. The number of carbonyl (C=O) groups is 2. The third-order valence-electron chi connectivity index (χ3n) is 5.21.